The number of halogens is 2. The largest absolute Gasteiger partial charge is 0.483 e. The summed E-state index contributed by atoms with van der Waals surface area (Å²) in [6.07, 6.45) is 3.07. The highest BCUT2D eigenvalue weighted by Gasteiger charge is 2.55. The summed E-state index contributed by atoms with van der Waals surface area (Å²) in [5.41, 5.74) is 4.87. The highest BCUT2D eigenvalue weighted by Crippen LogP contribution is 2.49. The van der Waals surface area contributed by atoms with Gasteiger partial charge in [0.1, 0.15) is 29.4 Å². The van der Waals surface area contributed by atoms with Crippen molar-refractivity contribution >= 4 is 11.8 Å². The molecule has 42 heavy (non-hydrogen) atoms. The van der Waals surface area contributed by atoms with E-state index in [2.05, 4.69) is 0 Å². The summed E-state index contributed by atoms with van der Waals surface area (Å²) in [6, 6.07) is 11.8. The lowest BCUT2D eigenvalue weighted by Crippen LogP contribution is -2.52. The van der Waals surface area contributed by atoms with Crippen LogP contribution in [0, 0.1) is 11.6 Å². The molecule has 1 aromatic heterocycles. The van der Waals surface area contributed by atoms with Crippen LogP contribution in [0.2, 0.25) is 0 Å². The van der Waals surface area contributed by atoms with Crippen LogP contribution >= 0.6 is 0 Å². The van der Waals surface area contributed by atoms with Crippen molar-refractivity contribution in [2.75, 3.05) is 6.54 Å². The Balaban J connectivity index is 1.44. The number of carbonyl (C=O) groups is 2. The van der Waals surface area contributed by atoms with Gasteiger partial charge in [-0.3, -0.25) is 19.2 Å². The summed E-state index contributed by atoms with van der Waals surface area (Å²) in [5.74, 6) is -2.85. The van der Waals surface area contributed by atoms with Gasteiger partial charge in [-0.1, -0.05) is 36.4 Å². The number of hydrogen-bond donors (Lipinski definition) is 1. The van der Waals surface area contributed by atoms with Crippen molar-refractivity contribution in [3.63, 3.8) is 0 Å². The molecule has 3 aromatic rings. The van der Waals surface area contributed by atoms with Crippen molar-refractivity contribution in [1.29, 1.82) is 0 Å². The SMILES string of the molecule is CC1CC2(CCC(C)N3CC2n2cc(C(N)=O)c(=O)c(OCc4ccccc4)c2C3=O)ON1Cc1ccc(F)cc1F. The van der Waals surface area contributed by atoms with E-state index in [4.69, 9.17) is 15.3 Å². The van der Waals surface area contributed by atoms with E-state index in [-0.39, 0.29) is 54.7 Å². The minimum atomic E-state index is -0.931. The monoisotopic (exact) mass is 578 g/mol. The number of aromatic nitrogens is 1. The smallest absolute Gasteiger partial charge is 0.274 e. The van der Waals surface area contributed by atoms with E-state index in [9.17, 15) is 23.2 Å². The average Bonchev–Trinajstić information content (AvgIpc) is 3.22. The summed E-state index contributed by atoms with van der Waals surface area (Å²) in [5, 5.41) is 1.69. The van der Waals surface area contributed by atoms with E-state index in [1.807, 2.05) is 44.2 Å². The summed E-state index contributed by atoms with van der Waals surface area (Å²) in [7, 11) is 0. The van der Waals surface area contributed by atoms with Crippen LogP contribution < -0.4 is 15.9 Å². The Bertz CT molecular complexity index is 1610. The zero-order valence-electron chi connectivity index (χ0n) is 23.4. The first-order valence-electron chi connectivity index (χ1n) is 14.0. The molecule has 2 N–H and O–H groups in total. The Morgan fingerprint density at radius 1 is 1.12 bits per heavy atom. The quantitative estimate of drug-likeness (QED) is 0.475. The van der Waals surface area contributed by atoms with Gasteiger partial charge < -0.3 is 19.9 Å². The Morgan fingerprint density at radius 3 is 2.60 bits per heavy atom. The molecule has 2 fully saturated rings. The zero-order valence-corrected chi connectivity index (χ0v) is 23.4. The number of primary amides is 1. The van der Waals surface area contributed by atoms with E-state index >= 15 is 0 Å². The summed E-state index contributed by atoms with van der Waals surface area (Å²) in [4.78, 5) is 48.3. The van der Waals surface area contributed by atoms with Gasteiger partial charge in [-0.15, -0.1) is 0 Å². The molecule has 4 heterocycles. The van der Waals surface area contributed by atoms with Crippen molar-refractivity contribution in [3.8, 4) is 5.75 Å². The Morgan fingerprint density at radius 2 is 1.88 bits per heavy atom. The van der Waals surface area contributed by atoms with Crippen molar-refractivity contribution in [3.05, 3.63) is 99.0 Å². The predicted octanol–water partition coefficient (Wildman–Crippen LogP) is 3.95. The third kappa shape index (κ3) is 4.76. The van der Waals surface area contributed by atoms with Crippen LogP contribution in [-0.4, -0.2) is 50.6 Å². The number of nitrogens with zero attached hydrogens (tertiary/aromatic N) is 3. The van der Waals surface area contributed by atoms with E-state index < -0.39 is 34.6 Å². The molecule has 0 saturated carbocycles. The van der Waals surface area contributed by atoms with Crippen molar-refractivity contribution < 1.29 is 27.9 Å². The fraction of sp³-hybridized carbons (Fsp3) is 0.387. The summed E-state index contributed by atoms with van der Waals surface area (Å²) in [6.45, 7) is 4.29. The Hall–Kier alpha value is -4.09. The number of ether oxygens (including phenoxy) is 1. The lowest BCUT2D eigenvalue weighted by atomic mass is 9.84. The molecule has 2 aromatic carbocycles. The predicted molar refractivity (Wildman–Crippen MR) is 149 cm³/mol. The minimum absolute atomic E-state index is 0.00842. The molecule has 220 valence electrons. The Kier molecular flexibility index (Phi) is 7.10. The highest BCUT2D eigenvalue weighted by atomic mass is 19.1. The van der Waals surface area contributed by atoms with Crippen molar-refractivity contribution in [1.82, 2.24) is 14.5 Å². The van der Waals surface area contributed by atoms with Crippen LogP contribution in [0.15, 0.2) is 59.5 Å². The normalized spacial score (nSPS) is 25.4. The molecule has 11 heteroatoms. The van der Waals surface area contributed by atoms with E-state index in [0.29, 0.717) is 24.8 Å². The maximum atomic E-state index is 14.6. The van der Waals surface area contributed by atoms with Crippen LogP contribution in [0.1, 0.15) is 71.1 Å². The lowest BCUT2D eigenvalue weighted by Gasteiger charge is -2.43. The molecule has 6 rings (SSSR count). The van der Waals surface area contributed by atoms with E-state index in [0.717, 1.165) is 11.6 Å². The molecule has 9 nitrogen and oxygen atoms in total. The van der Waals surface area contributed by atoms with Gasteiger partial charge in [0.2, 0.25) is 5.43 Å². The second kappa shape index (κ2) is 10.6. The average molecular weight is 579 g/mol. The van der Waals surface area contributed by atoms with E-state index in [1.165, 1.54) is 18.3 Å². The molecule has 4 atom stereocenters. The van der Waals surface area contributed by atoms with Gasteiger partial charge in [-0.25, -0.2) is 8.78 Å². The van der Waals surface area contributed by atoms with Crippen LogP contribution in [-0.2, 0) is 18.0 Å². The van der Waals surface area contributed by atoms with Gasteiger partial charge in [0, 0.05) is 36.5 Å². The number of rotatable bonds is 6. The molecular formula is C31H32F2N4O5. The van der Waals surface area contributed by atoms with Crippen LogP contribution in [0.25, 0.3) is 0 Å². The molecule has 2 amide bonds. The second-order valence-corrected chi connectivity index (χ2v) is 11.5. The molecule has 2 bridgehead atoms. The van der Waals surface area contributed by atoms with Crippen molar-refractivity contribution in [2.24, 2.45) is 5.73 Å². The highest BCUT2D eigenvalue weighted by molar-refractivity contribution is 5.99. The number of benzene rings is 2. The first kappa shape index (κ1) is 28.0. The van der Waals surface area contributed by atoms with Gasteiger partial charge >= 0.3 is 0 Å². The molecular weight excluding hydrogens is 546 g/mol. The van der Waals surface area contributed by atoms with Gasteiger partial charge in [0.25, 0.3) is 11.8 Å². The number of pyridine rings is 1. The molecule has 0 radical (unpaired) electrons. The fourth-order valence-corrected chi connectivity index (χ4v) is 6.48. The van der Waals surface area contributed by atoms with Crippen LogP contribution in [0.4, 0.5) is 8.78 Å². The summed E-state index contributed by atoms with van der Waals surface area (Å²) >= 11 is 0. The van der Waals surface area contributed by atoms with Gasteiger partial charge in [-0.05, 0) is 44.7 Å². The number of fused-ring (bicyclic) bond motifs is 5. The van der Waals surface area contributed by atoms with Crippen molar-refractivity contribution in [2.45, 2.75) is 70.0 Å². The van der Waals surface area contributed by atoms with E-state index in [1.54, 1.807) is 14.5 Å². The minimum Gasteiger partial charge on any atom is -0.483 e. The number of hydrogen-bond acceptors (Lipinski definition) is 6. The van der Waals surface area contributed by atoms with Gasteiger partial charge in [0.05, 0.1) is 12.6 Å². The summed E-state index contributed by atoms with van der Waals surface area (Å²) < 4.78 is 35.7. The molecule has 2 saturated heterocycles. The topological polar surface area (TPSA) is 107 Å². The third-order valence-corrected chi connectivity index (χ3v) is 8.75. The standard InChI is InChI=1S/C31H32F2N4O5/c1-18-10-11-31(13-19(2)37(42-31)14-21-8-9-22(32)12-24(21)33)25-16-35(18)30(40)26-28(41-17-20-6-4-3-5-7-20)27(38)23(29(34)39)15-36(25)26/h3-9,12,15,18-19,25H,10-11,13-14,16-17H2,1-2H3,(H2,34,39). The number of amides is 2. The van der Waals surface area contributed by atoms with Crippen LogP contribution in [0.5, 0.6) is 5.75 Å². The van der Waals surface area contributed by atoms with Gasteiger partial charge in [-0.2, -0.15) is 5.06 Å². The second-order valence-electron chi connectivity index (χ2n) is 11.5. The molecule has 3 aliphatic rings. The fourth-order valence-electron chi connectivity index (χ4n) is 6.48. The number of carbonyl (C=O) groups excluding carboxylic acids is 2. The number of hydroxylamine groups is 2. The molecule has 0 aliphatic carbocycles. The van der Waals surface area contributed by atoms with Gasteiger partial charge in [0.15, 0.2) is 11.4 Å². The molecule has 1 spiro atoms. The number of nitrogens with two attached hydrogens (primary N) is 1. The lowest BCUT2D eigenvalue weighted by molar-refractivity contribution is -0.225. The molecule has 4 unspecified atom stereocenters. The molecule has 3 aliphatic heterocycles. The first-order valence-corrected chi connectivity index (χ1v) is 14.0. The maximum absolute atomic E-state index is 14.6. The maximum Gasteiger partial charge on any atom is 0.274 e. The zero-order chi connectivity index (χ0) is 29.8. The first-order chi connectivity index (χ1) is 20.1. The third-order valence-electron chi connectivity index (χ3n) is 8.75. The van der Waals surface area contributed by atoms with Crippen LogP contribution in [0.3, 0.4) is 0 Å². The Labute approximate surface area is 241 Å².